The molecule has 7 nitrogen and oxygen atoms in total. The second kappa shape index (κ2) is 6.01. The average Bonchev–Trinajstić information content (AvgIpc) is 3.07. The van der Waals surface area contributed by atoms with E-state index in [0.29, 0.717) is 47.4 Å². The van der Waals surface area contributed by atoms with Crippen LogP contribution in [-0.4, -0.2) is 43.4 Å². The van der Waals surface area contributed by atoms with Gasteiger partial charge in [-0.3, -0.25) is 0 Å². The minimum Gasteiger partial charge on any atom is -0.486 e. The van der Waals surface area contributed by atoms with Crippen LogP contribution in [0.5, 0.6) is 17.4 Å². The minimum atomic E-state index is -0.484. The number of nitrogens with zero attached hydrogens (tertiary/aromatic N) is 1. The van der Waals surface area contributed by atoms with Crippen molar-refractivity contribution in [3.05, 3.63) is 36.2 Å². The zero-order valence-electron chi connectivity index (χ0n) is 13.8. The SMILES string of the molecule is COC(=O)c1[nH]c2ccc3c(c2c1-c1cccnc1OC)OCCO3. The van der Waals surface area contributed by atoms with E-state index >= 15 is 0 Å². The molecule has 7 heteroatoms. The molecule has 3 heterocycles. The van der Waals surface area contributed by atoms with Crippen molar-refractivity contribution in [2.24, 2.45) is 0 Å². The summed E-state index contributed by atoms with van der Waals surface area (Å²) < 4.78 is 21.8. The predicted molar refractivity (Wildman–Crippen MR) is 90.4 cm³/mol. The van der Waals surface area contributed by atoms with Gasteiger partial charge in [0.05, 0.1) is 25.1 Å². The number of aromatic amines is 1. The fourth-order valence-corrected chi connectivity index (χ4v) is 3.06. The van der Waals surface area contributed by atoms with Gasteiger partial charge in [-0.25, -0.2) is 9.78 Å². The number of aromatic nitrogens is 2. The number of methoxy groups -OCH3 is 2. The number of H-pyrrole nitrogens is 1. The third-order valence-corrected chi connectivity index (χ3v) is 4.09. The van der Waals surface area contributed by atoms with Gasteiger partial charge in [0.25, 0.3) is 0 Å². The fraction of sp³-hybridized carbons (Fsp3) is 0.222. The molecule has 0 saturated heterocycles. The molecule has 0 amide bonds. The van der Waals surface area contributed by atoms with E-state index in [1.165, 1.54) is 14.2 Å². The maximum absolute atomic E-state index is 12.4. The highest BCUT2D eigenvalue weighted by molar-refractivity contribution is 6.11. The number of nitrogens with one attached hydrogen (secondary N) is 1. The van der Waals surface area contributed by atoms with Crippen LogP contribution < -0.4 is 14.2 Å². The minimum absolute atomic E-state index is 0.311. The van der Waals surface area contributed by atoms with Gasteiger partial charge in [-0.05, 0) is 24.3 Å². The lowest BCUT2D eigenvalue weighted by Crippen LogP contribution is -2.15. The van der Waals surface area contributed by atoms with Gasteiger partial charge in [0, 0.05) is 17.3 Å². The largest absolute Gasteiger partial charge is 0.486 e. The summed E-state index contributed by atoms with van der Waals surface area (Å²) in [6.45, 7) is 0.923. The van der Waals surface area contributed by atoms with Crippen molar-refractivity contribution in [3.63, 3.8) is 0 Å². The zero-order valence-corrected chi connectivity index (χ0v) is 13.8. The van der Waals surface area contributed by atoms with Crippen molar-refractivity contribution >= 4 is 16.9 Å². The number of carbonyl (C=O) groups is 1. The van der Waals surface area contributed by atoms with E-state index < -0.39 is 5.97 Å². The van der Waals surface area contributed by atoms with Crippen LogP contribution in [0.4, 0.5) is 0 Å². The molecule has 25 heavy (non-hydrogen) atoms. The zero-order chi connectivity index (χ0) is 17.4. The Morgan fingerprint density at radius 2 is 2.04 bits per heavy atom. The number of benzene rings is 1. The Balaban J connectivity index is 2.10. The summed E-state index contributed by atoms with van der Waals surface area (Å²) >= 11 is 0. The first kappa shape index (κ1) is 15.3. The van der Waals surface area contributed by atoms with E-state index in [0.717, 1.165) is 10.9 Å². The van der Waals surface area contributed by atoms with Crippen molar-refractivity contribution in [2.75, 3.05) is 27.4 Å². The number of pyridine rings is 1. The molecule has 0 aliphatic carbocycles. The van der Waals surface area contributed by atoms with Gasteiger partial charge >= 0.3 is 5.97 Å². The summed E-state index contributed by atoms with van der Waals surface area (Å²) in [5, 5.41) is 0.740. The summed E-state index contributed by atoms with van der Waals surface area (Å²) in [6.07, 6.45) is 1.63. The summed E-state index contributed by atoms with van der Waals surface area (Å²) in [5.41, 5.74) is 2.34. The van der Waals surface area contributed by atoms with E-state index in [1.54, 1.807) is 12.3 Å². The highest BCUT2D eigenvalue weighted by atomic mass is 16.6. The number of carbonyl (C=O) groups excluding carboxylic acids is 1. The fourth-order valence-electron chi connectivity index (χ4n) is 3.06. The van der Waals surface area contributed by atoms with E-state index in [1.807, 2.05) is 18.2 Å². The lowest BCUT2D eigenvalue weighted by molar-refractivity contribution is 0.0596. The van der Waals surface area contributed by atoms with Gasteiger partial charge in [-0.1, -0.05) is 0 Å². The molecule has 0 fully saturated rings. The second-order valence-corrected chi connectivity index (χ2v) is 5.44. The van der Waals surface area contributed by atoms with Crippen LogP contribution in [0.2, 0.25) is 0 Å². The van der Waals surface area contributed by atoms with E-state index in [2.05, 4.69) is 9.97 Å². The van der Waals surface area contributed by atoms with Gasteiger partial charge in [-0.15, -0.1) is 0 Å². The van der Waals surface area contributed by atoms with Gasteiger partial charge in [0.1, 0.15) is 18.9 Å². The van der Waals surface area contributed by atoms with Crippen LogP contribution in [0, 0.1) is 0 Å². The van der Waals surface area contributed by atoms with Crippen molar-refractivity contribution < 1.29 is 23.7 Å². The first-order chi connectivity index (χ1) is 12.2. The van der Waals surface area contributed by atoms with Gasteiger partial charge in [0.15, 0.2) is 11.5 Å². The Bertz CT molecular complexity index is 963. The van der Waals surface area contributed by atoms with Crippen molar-refractivity contribution in [3.8, 4) is 28.5 Å². The lowest BCUT2D eigenvalue weighted by Gasteiger charge is -2.19. The number of rotatable bonds is 3. The predicted octanol–water partition coefficient (Wildman–Crippen LogP) is 2.80. The van der Waals surface area contributed by atoms with E-state index in [4.69, 9.17) is 18.9 Å². The molecule has 0 radical (unpaired) electrons. The number of hydrogen-bond donors (Lipinski definition) is 1. The molecular formula is C18H16N2O5. The Morgan fingerprint density at radius 3 is 2.84 bits per heavy atom. The third-order valence-electron chi connectivity index (χ3n) is 4.09. The molecule has 0 saturated carbocycles. The molecular weight excluding hydrogens is 324 g/mol. The molecule has 128 valence electrons. The molecule has 0 unspecified atom stereocenters. The summed E-state index contributed by atoms with van der Waals surface area (Å²) in [5.74, 6) is 1.15. The molecule has 1 aromatic carbocycles. The van der Waals surface area contributed by atoms with Gasteiger partial charge < -0.3 is 23.9 Å². The first-order valence-corrected chi connectivity index (χ1v) is 7.76. The maximum atomic E-state index is 12.4. The van der Waals surface area contributed by atoms with Crippen LogP contribution in [-0.2, 0) is 4.74 Å². The maximum Gasteiger partial charge on any atom is 0.355 e. The van der Waals surface area contributed by atoms with Crippen molar-refractivity contribution in [1.29, 1.82) is 0 Å². The quantitative estimate of drug-likeness (QED) is 0.738. The summed E-state index contributed by atoms with van der Waals surface area (Å²) in [6, 6.07) is 7.29. The number of fused-ring (bicyclic) bond motifs is 3. The van der Waals surface area contributed by atoms with Crippen LogP contribution in [0.3, 0.4) is 0 Å². The Kier molecular flexibility index (Phi) is 3.68. The van der Waals surface area contributed by atoms with Gasteiger partial charge in [-0.2, -0.15) is 0 Å². The molecule has 1 aliphatic heterocycles. The smallest absolute Gasteiger partial charge is 0.355 e. The highest BCUT2D eigenvalue weighted by Gasteiger charge is 2.27. The van der Waals surface area contributed by atoms with E-state index in [9.17, 15) is 4.79 Å². The second-order valence-electron chi connectivity index (χ2n) is 5.44. The van der Waals surface area contributed by atoms with E-state index in [-0.39, 0.29) is 0 Å². The lowest BCUT2D eigenvalue weighted by atomic mass is 10.0. The van der Waals surface area contributed by atoms with Crippen LogP contribution in [0.25, 0.3) is 22.0 Å². The van der Waals surface area contributed by atoms with Crippen LogP contribution >= 0.6 is 0 Å². The molecule has 0 atom stereocenters. The molecule has 3 aromatic rings. The molecule has 1 aliphatic rings. The Hall–Kier alpha value is -3.22. The van der Waals surface area contributed by atoms with Crippen LogP contribution in [0.1, 0.15) is 10.5 Å². The van der Waals surface area contributed by atoms with Gasteiger partial charge in [0.2, 0.25) is 5.88 Å². The molecule has 0 spiro atoms. The number of hydrogen-bond acceptors (Lipinski definition) is 6. The normalized spacial score (nSPS) is 12.9. The summed E-state index contributed by atoms with van der Waals surface area (Å²) in [4.78, 5) is 19.7. The standard InChI is InChI=1S/C18H16N2O5/c1-22-17-10(4-3-7-19-17)13-14-11(20-15(13)18(21)23-2)5-6-12-16(14)25-9-8-24-12/h3-7,20H,8-9H2,1-2H3. The Labute approximate surface area is 143 Å². The van der Waals surface area contributed by atoms with Crippen molar-refractivity contribution in [1.82, 2.24) is 9.97 Å². The molecule has 1 N–H and O–H groups in total. The molecule has 4 rings (SSSR count). The number of ether oxygens (including phenoxy) is 4. The average molecular weight is 340 g/mol. The number of esters is 1. The first-order valence-electron chi connectivity index (χ1n) is 7.76. The molecule has 2 aromatic heterocycles. The third kappa shape index (κ3) is 2.36. The Morgan fingerprint density at radius 1 is 1.20 bits per heavy atom. The topological polar surface area (TPSA) is 82.7 Å². The highest BCUT2D eigenvalue weighted by Crippen LogP contribution is 2.46. The monoisotopic (exact) mass is 340 g/mol. The summed E-state index contributed by atoms with van der Waals surface area (Å²) in [7, 11) is 2.88. The molecule has 0 bridgehead atoms. The van der Waals surface area contributed by atoms with Crippen molar-refractivity contribution in [2.45, 2.75) is 0 Å². The van der Waals surface area contributed by atoms with Crippen LogP contribution in [0.15, 0.2) is 30.5 Å².